The quantitative estimate of drug-likeness (QED) is 0.851. The van der Waals surface area contributed by atoms with Crippen molar-refractivity contribution in [3.05, 3.63) is 41.8 Å². The van der Waals surface area contributed by atoms with E-state index in [9.17, 15) is 17.6 Å². The van der Waals surface area contributed by atoms with Crippen LogP contribution in [-0.2, 0) is 6.18 Å². The second-order valence-electron chi connectivity index (χ2n) is 3.71. The summed E-state index contributed by atoms with van der Waals surface area (Å²) in [5.74, 6) is -0.763. The lowest BCUT2D eigenvalue weighted by molar-refractivity contribution is -0.139. The van der Waals surface area contributed by atoms with Crippen LogP contribution in [-0.4, -0.2) is 17.0 Å². The fraction of sp³-hybridized carbons (Fsp3) is 0.167. The molecule has 0 aliphatic carbocycles. The molecule has 7 heteroatoms. The van der Waals surface area contributed by atoms with Gasteiger partial charge in [0.25, 0.3) is 0 Å². The number of hydrogen-bond donors (Lipinski definition) is 1. The van der Waals surface area contributed by atoms with Crippen LogP contribution >= 0.6 is 0 Å². The van der Waals surface area contributed by atoms with Crippen molar-refractivity contribution in [2.24, 2.45) is 0 Å². The Morgan fingerprint density at radius 3 is 2.53 bits per heavy atom. The number of benzene rings is 1. The highest BCUT2D eigenvalue weighted by Crippen LogP contribution is 2.33. The van der Waals surface area contributed by atoms with E-state index in [4.69, 9.17) is 0 Å². The summed E-state index contributed by atoms with van der Waals surface area (Å²) in [6.07, 6.45) is -3.34. The van der Waals surface area contributed by atoms with Crippen LogP contribution < -0.4 is 5.32 Å². The van der Waals surface area contributed by atoms with E-state index >= 15 is 0 Å². The van der Waals surface area contributed by atoms with Gasteiger partial charge in [-0.1, -0.05) is 0 Å². The third-order valence-corrected chi connectivity index (χ3v) is 2.44. The Hall–Kier alpha value is -2.18. The Labute approximate surface area is 106 Å². The van der Waals surface area contributed by atoms with E-state index in [2.05, 4.69) is 15.3 Å². The first kappa shape index (κ1) is 13.3. The van der Waals surface area contributed by atoms with Crippen LogP contribution in [0.15, 0.2) is 30.5 Å². The van der Waals surface area contributed by atoms with Gasteiger partial charge in [-0.25, -0.2) is 14.4 Å². The van der Waals surface area contributed by atoms with E-state index in [-0.39, 0.29) is 11.4 Å². The smallest absolute Gasteiger partial charge is 0.373 e. The molecule has 1 aromatic heterocycles. The highest BCUT2D eigenvalue weighted by Gasteiger charge is 2.34. The third-order valence-electron chi connectivity index (χ3n) is 2.44. The fourth-order valence-corrected chi connectivity index (χ4v) is 1.52. The molecule has 0 saturated carbocycles. The molecule has 0 aliphatic rings. The summed E-state index contributed by atoms with van der Waals surface area (Å²) < 4.78 is 50.9. The van der Waals surface area contributed by atoms with Gasteiger partial charge in [-0.2, -0.15) is 13.2 Å². The van der Waals surface area contributed by atoms with Crippen molar-refractivity contribution < 1.29 is 17.6 Å². The lowest BCUT2D eigenvalue weighted by Gasteiger charge is -2.09. The maximum Gasteiger partial charge on any atom is 0.419 e. The van der Waals surface area contributed by atoms with E-state index < -0.39 is 17.6 Å². The molecule has 0 atom stereocenters. The molecule has 100 valence electrons. The van der Waals surface area contributed by atoms with Crippen molar-refractivity contribution in [1.29, 1.82) is 0 Å². The molecule has 1 aromatic carbocycles. The third kappa shape index (κ3) is 2.81. The highest BCUT2D eigenvalue weighted by molar-refractivity contribution is 5.58. The summed E-state index contributed by atoms with van der Waals surface area (Å²) in [5.41, 5.74) is -1.23. The second kappa shape index (κ2) is 4.83. The first-order valence-electron chi connectivity index (χ1n) is 5.29. The number of hydrogen-bond acceptors (Lipinski definition) is 3. The molecule has 0 amide bonds. The Bertz CT molecular complexity index is 596. The highest BCUT2D eigenvalue weighted by atomic mass is 19.4. The number of nitrogens with zero attached hydrogens (tertiary/aromatic N) is 2. The topological polar surface area (TPSA) is 37.8 Å². The fourth-order valence-electron chi connectivity index (χ4n) is 1.52. The zero-order chi connectivity index (χ0) is 14.0. The molecule has 0 spiro atoms. The zero-order valence-electron chi connectivity index (χ0n) is 9.79. The van der Waals surface area contributed by atoms with Gasteiger partial charge < -0.3 is 5.32 Å². The molecule has 2 aromatic rings. The van der Waals surface area contributed by atoms with Gasteiger partial charge in [-0.05, 0) is 24.3 Å². The van der Waals surface area contributed by atoms with Crippen LogP contribution in [0.4, 0.5) is 23.4 Å². The molecular formula is C12H9F4N3. The molecule has 0 unspecified atom stereocenters. The Kier molecular flexibility index (Phi) is 3.37. The van der Waals surface area contributed by atoms with E-state index in [1.165, 1.54) is 12.3 Å². The van der Waals surface area contributed by atoms with Crippen LogP contribution in [0, 0.1) is 5.82 Å². The maximum atomic E-state index is 13.2. The summed E-state index contributed by atoms with van der Waals surface area (Å²) in [7, 11) is 1.62. The van der Waals surface area contributed by atoms with Crippen LogP contribution in [0.2, 0.25) is 0 Å². The van der Waals surface area contributed by atoms with Crippen molar-refractivity contribution in [2.75, 3.05) is 12.4 Å². The minimum absolute atomic E-state index is 0.0948. The molecule has 0 bridgehead atoms. The van der Waals surface area contributed by atoms with E-state index in [0.29, 0.717) is 11.9 Å². The van der Waals surface area contributed by atoms with Crippen molar-refractivity contribution in [3.8, 4) is 11.4 Å². The molecule has 1 heterocycles. The number of nitrogens with one attached hydrogen (secondary N) is 1. The SMILES string of the molecule is CNc1ccnc(-c2ccc(F)c(C(F)(F)F)c2)n1. The van der Waals surface area contributed by atoms with Gasteiger partial charge in [0.2, 0.25) is 0 Å². The Morgan fingerprint density at radius 1 is 1.16 bits per heavy atom. The minimum atomic E-state index is -4.75. The molecule has 0 fully saturated rings. The lowest BCUT2D eigenvalue weighted by atomic mass is 10.1. The minimum Gasteiger partial charge on any atom is -0.373 e. The molecule has 2 rings (SSSR count). The summed E-state index contributed by atoms with van der Waals surface area (Å²) in [4.78, 5) is 7.87. The average Bonchev–Trinajstić information content (AvgIpc) is 2.38. The van der Waals surface area contributed by atoms with Gasteiger partial charge in [0, 0.05) is 18.8 Å². The monoisotopic (exact) mass is 271 g/mol. The van der Waals surface area contributed by atoms with E-state index in [1.54, 1.807) is 13.1 Å². The molecular weight excluding hydrogens is 262 g/mol. The summed E-state index contributed by atoms with van der Waals surface area (Å²) in [6, 6.07) is 4.23. The van der Waals surface area contributed by atoms with Crippen LogP contribution in [0.25, 0.3) is 11.4 Å². The second-order valence-corrected chi connectivity index (χ2v) is 3.71. The molecule has 19 heavy (non-hydrogen) atoms. The van der Waals surface area contributed by atoms with Gasteiger partial charge in [0.05, 0.1) is 5.56 Å². The molecule has 0 saturated heterocycles. The molecule has 1 N–H and O–H groups in total. The summed E-state index contributed by atoms with van der Waals surface area (Å²) in [6.45, 7) is 0. The Morgan fingerprint density at radius 2 is 1.89 bits per heavy atom. The number of alkyl halides is 3. The van der Waals surface area contributed by atoms with E-state index in [1.807, 2.05) is 0 Å². The predicted octanol–water partition coefficient (Wildman–Crippen LogP) is 3.34. The van der Waals surface area contributed by atoms with Crippen molar-refractivity contribution in [3.63, 3.8) is 0 Å². The van der Waals surface area contributed by atoms with Crippen LogP contribution in [0.5, 0.6) is 0 Å². The first-order chi connectivity index (χ1) is 8.91. The maximum absolute atomic E-state index is 13.2. The molecule has 0 radical (unpaired) electrons. The lowest BCUT2D eigenvalue weighted by Crippen LogP contribution is -2.08. The zero-order valence-corrected chi connectivity index (χ0v) is 9.79. The van der Waals surface area contributed by atoms with Gasteiger partial charge >= 0.3 is 6.18 Å². The van der Waals surface area contributed by atoms with Crippen molar-refractivity contribution >= 4 is 5.82 Å². The van der Waals surface area contributed by atoms with Gasteiger partial charge in [0.1, 0.15) is 11.6 Å². The van der Waals surface area contributed by atoms with Gasteiger partial charge in [-0.3, -0.25) is 0 Å². The standard InChI is InChI=1S/C12H9F4N3/c1-17-10-4-5-18-11(19-10)7-2-3-9(13)8(6-7)12(14,15)16/h2-6H,1H3,(H,17,18,19). The largest absolute Gasteiger partial charge is 0.419 e. The van der Waals surface area contributed by atoms with Gasteiger partial charge in [0.15, 0.2) is 5.82 Å². The Balaban J connectivity index is 2.51. The van der Waals surface area contributed by atoms with Crippen molar-refractivity contribution in [1.82, 2.24) is 9.97 Å². The summed E-state index contributed by atoms with van der Waals surface area (Å²) >= 11 is 0. The average molecular weight is 271 g/mol. The number of rotatable bonds is 2. The molecule has 3 nitrogen and oxygen atoms in total. The van der Waals surface area contributed by atoms with E-state index in [0.717, 1.165) is 6.07 Å². The first-order valence-corrected chi connectivity index (χ1v) is 5.29. The number of halogens is 4. The molecule has 0 aliphatic heterocycles. The number of aromatic nitrogens is 2. The summed E-state index contributed by atoms with van der Waals surface area (Å²) in [5, 5.41) is 2.75. The van der Waals surface area contributed by atoms with Gasteiger partial charge in [-0.15, -0.1) is 0 Å². The predicted molar refractivity (Wildman–Crippen MR) is 62.0 cm³/mol. The van der Waals surface area contributed by atoms with Crippen LogP contribution in [0.1, 0.15) is 5.56 Å². The van der Waals surface area contributed by atoms with Crippen LogP contribution in [0.3, 0.4) is 0 Å². The number of anilines is 1. The van der Waals surface area contributed by atoms with Crippen molar-refractivity contribution in [2.45, 2.75) is 6.18 Å². The normalized spacial score (nSPS) is 11.4.